The summed E-state index contributed by atoms with van der Waals surface area (Å²) in [5.41, 5.74) is 2.14. The van der Waals surface area contributed by atoms with Crippen LogP contribution in [0.25, 0.3) is 10.9 Å². The van der Waals surface area contributed by atoms with Gasteiger partial charge in [-0.3, -0.25) is 14.2 Å². The van der Waals surface area contributed by atoms with Crippen molar-refractivity contribution >= 4 is 10.9 Å². The highest BCUT2D eigenvalue weighted by atomic mass is 19.1. The first-order chi connectivity index (χ1) is 17.7. The van der Waals surface area contributed by atoms with E-state index < -0.39 is 23.9 Å². The molecule has 0 aliphatic carbocycles. The number of nitrogens with zero attached hydrogens (tertiary/aromatic N) is 2. The minimum atomic E-state index is -1.54. The van der Waals surface area contributed by atoms with Crippen molar-refractivity contribution in [2.24, 2.45) is 5.92 Å². The molecular formula is C28H35F4N3O2. The molecule has 37 heavy (non-hydrogen) atoms. The SMILES string of the molecule is C[C@@H]1Cc2c([nH]c3ccccc23)CN1CC(C)(F)CO.FCC1CN(CCOc2cc(F)cc(F)c2)C1. The predicted octanol–water partition coefficient (Wildman–Crippen LogP) is 4.88. The number of para-hydroxylation sites is 1. The minimum Gasteiger partial charge on any atom is -0.492 e. The lowest BCUT2D eigenvalue weighted by Crippen LogP contribution is -2.49. The van der Waals surface area contributed by atoms with E-state index in [-0.39, 0.29) is 30.9 Å². The molecule has 0 amide bonds. The highest BCUT2D eigenvalue weighted by Crippen LogP contribution is 2.31. The van der Waals surface area contributed by atoms with Crippen molar-refractivity contribution in [3.63, 3.8) is 0 Å². The number of nitrogens with one attached hydrogen (secondary N) is 1. The summed E-state index contributed by atoms with van der Waals surface area (Å²) in [5, 5.41) is 10.4. The lowest BCUT2D eigenvalue weighted by molar-refractivity contribution is 0.0277. The van der Waals surface area contributed by atoms with Gasteiger partial charge in [-0.1, -0.05) is 18.2 Å². The first-order valence-electron chi connectivity index (χ1n) is 12.7. The molecule has 0 bridgehead atoms. The Balaban J connectivity index is 0.000000176. The number of aliphatic hydroxyl groups is 1. The summed E-state index contributed by atoms with van der Waals surface area (Å²) in [6.45, 7) is 6.30. The summed E-state index contributed by atoms with van der Waals surface area (Å²) in [6, 6.07) is 11.7. The van der Waals surface area contributed by atoms with Crippen molar-refractivity contribution in [3.8, 4) is 5.75 Å². The smallest absolute Gasteiger partial charge is 0.143 e. The summed E-state index contributed by atoms with van der Waals surface area (Å²) in [5.74, 6) is -0.977. The van der Waals surface area contributed by atoms with Gasteiger partial charge in [-0.2, -0.15) is 0 Å². The van der Waals surface area contributed by atoms with E-state index in [1.165, 1.54) is 23.6 Å². The number of alkyl halides is 2. The third-order valence-corrected chi connectivity index (χ3v) is 7.01. The second-order valence-electron chi connectivity index (χ2n) is 10.4. The number of benzene rings is 2. The van der Waals surface area contributed by atoms with Gasteiger partial charge < -0.3 is 14.8 Å². The van der Waals surface area contributed by atoms with Crippen molar-refractivity contribution < 1.29 is 27.4 Å². The second-order valence-corrected chi connectivity index (χ2v) is 10.4. The molecule has 3 aromatic rings. The van der Waals surface area contributed by atoms with Crippen LogP contribution in [0.4, 0.5) is 17.6 Å². The number of halogens is 4. The fourth-order valence-electron chi connectivity index (χ4n) is 4.95. The topological polar surface area (TPSA) is 51.7 Å². The van der Waals surface area contributed by atoms with Gasteiger partial charge in [0, 0.05) is 79.5 Å². The Kier molecular flexibility index (Phi) is 8.77. The molecule has 1 aromatic heterocycles. The Hall–Kier alpha value is -2.62. The van der Waals surface area contributed by atoms with Gasteiger partial charge in [-0.15, -0.1) is 0 Å². The van der Waals surface area contributed by atoms with Crippen LogP contribution >= 0.6 is 0 Å². The van der Waals surface area contributed by atoms with Crippen LogP contribution in [0.5, 0.6) is 5.75 Å². The molecule has 2 aliphatic heterocycles. The third kappa shape index (κ3) is 7.03. The zero-order valence-electron chi connectivity index (χ0n) is 21.3. The monoisotopic (exact) mass is 521 g/mol. The summed E-state index contributed by atoms with van der Waals surface area (Å²) in [7, 11) is 0. The van der Waals surface area contributed by atoms with Crippen LogP contribution in [0.15, 0.2) is 42.5 Å². The molecule has 1 unspecified atom stereocenters. The van der Waals surface area contributed by atoms with E-state index in [0.29, 0.717) is 19.7 Å². The Labute approximate surface area is 215 Å². The molecule has 3 heterocycles. The molecule has 5 nitrogen and oxygen atoms in total. The standard InChI is InChI=1S/C16H21FN2O.C12H14F3NO/c1-11-7-13-12-5-3-4-6-14(12)18-15(13)8-19(11)9-16(2,17)10-20;13-6-9-7-16(8-9)1-2-17-12-4-10(14)3-11(15)5-12/h3-6,11,18,20H,7-10H2,1-2H3;3-5,9H,1-2,6-8H2/t11-,16?;/m1./s1. The number of aromatic amines is 1. The molecule has 9 heteroatoms. The van der Waals surface area contributed by atoms with Crippen LogP contribution in [0.3, 0.4) is 0 Å². The highest BCUT2D eigenvalue weighted by molar-refractivity contribution is 5.84. The summed E-state index contributed by atoms with van der Waals surface area (Å²) >= 11 is 0. The first kappa shape index (κ1) is 27.4. The van der Waals surface area contributed by atoms with E-state index in [1.54, 1.807) is 0 Å². The van der Waals surface area contributed by atoms with Crippen molar-refractivity contribution in [1.82, 2.24) is 14.8 Å². The van der Waals surface area contributed by atoms with Crippen molar-refractivity contribution in [2.45, 2.75) is 38.5 Å². The molecule has 0 spiro atoms. The Morgan fingerprint density at radius 3 is 2.51 bits per heavy atom. The number of hydrogen-bond donors (Lipinski definition) is 2. The average Bonchev–Trinajstić information content (AvgIpc) is 3.17. The van der Waals surface area contributed by atoms with Crippen molar-refractivity contribution in [3.05, 3.63) is 65.4 Å². The number of ether oxygens (including phenoxy) is 1. The van der Waals surface area contributed by atoms with E-state index >= 15 is 0 Å². The van der Waals surface area contributed by atoms with E-state index in [1.807, 2.05) is 11.0 Å². The number of likely N-dealkylation sites (tertiary alicyclic amines) is 1. The van der Waals surface area contributed by atoms with Crippen molar-refractivity contribution in [1.29, 1.82) is 0 Å². The van der Waals surface area contributed by atoms with Gasteiger partial charge in [-0.25, -0.2) is 13.2 Å². The maximum atomic E-state index is 14.1. The zero-order chi connectivity index (χ0) is 26.6. The van der Waals surface area contributed by atoms with Crippen LogP contribution in [-0.2, 0) is 13.0 Å². The van der Waals surface area contributed by atoms with E-state index in [2.05, 4.69) is 35.0 Å². The molecule has 1 saturated heterocycles. The normalized spacial score (nSPS) is 20.0. The predicted molar refractivity (Wildman–Crippen MR) is 136 cm³/mol. The molecule has 1 fully saturated rings. The number of hydrogen-bond acceptors (Lipinski definition) is 4. The van der Waals surface area contributed by atoms with Gasteiger partial charge in [-0.05, 0) is 31.9 Å². The highest BCUT2D eigenvalue weighted by Gasteiger charge is 2.32. The lowest BCUT2D eigenvalue weighted by atomic mass is 9.96. The molecule has 2 aliphatic rings. The quantitative estimate of drug-likeness (QED) is 0.415. The maximum Gasteiger partial charge on any atom is 0.143 e. The Morgan fingerprint density at radius 1 is 1.14 bits per heavy atom. The molecule has 0 saturated carbocycles. The van der Waals surface area contributed by atoms with Crippen LogP contribution in [0.2, 0.25) is 0 Å². The lowest BCUT2D eigenvalue weighted by Gasteiger charge is -2.37. The number of H-pyrrole nitrogens is 1. The van der Waals surface area contributed by atoms with Crippen LogP contribution in [0, 0.1) is 17.6 Å². The second kappa shape index (κ2) is 11.8. The number of fused-ring (bicyclic) bond motifs is 3. The van der Waals surface area contributed by atoms with E-state index in [9.17, 15) is 17.6 Å². The van der Waals surface area contributed by atoms with Gasteiger partial charge >= 0.3 is 0 Å². The van der Waals surface area contributed by atoms with Gasteiger partial charge in [0.25, 0.3) is 0 Å². The van der Waals surface area contributed by atoms with Crippen LogP contribution in [-0.4, -0.2) is 77.7 Å². The van der Waals surface area contributed by atoms with E-state index in [0.717, 1.165) is 43.2 Å². The molecule has 0 radical (unpaired) electrons. The largest absolute Gasteiger partial charge is 0.492 e. The van der Waals surface area contributed by atoms with Gasteiger partial charge in [0.15, 0.2) is 0 Å². The number of aliphatic hydroxyl groups excluding tert-OH is 1. The van der Waals surface area contributed by atoms with Gasteiger partial charge in [0.1, 0.15) is 29.7 Å². The fraction of sp³-hybridized carbons (Fsp3) is 0.500. The average molecular weight is 522 g/mol. The molecule has 2 N–H and O–H groups in total. The molecule has 2 atom stereocenters. The Morgan fingerprint density at radius 2 is 1.84 bits per heavy atom. The molecule has 2 aromatic carbocycles. The maximum absolute atomic E-state index is 14.1. The van der Waals surface area contributed by atoms with Crippen LogP contribution in [0.1, 0.15) is 25.1 Å². The van der Waals surface area contributed by atoms with Crippen LogP contribution < -0.4 is 4.74 Å². The molecule has 5 rings (SSSR count). The molecular weight excluding hydrogens is 486 g/mol. The van der Waals surface area contributed by atoms with Gasteiger partial charge in [0.2, 0.25) is 0 Å². The molecule has 202 valence electrons. The zero-order valence-corrected chi connectivity index (χ0v) is 21.3. The minimum absolute atomic E-state index is 0.140. The number of aromatic nitrogens is 1. The van der Waals surface area contributed by atoms with E-state index in [4.69, 9.17) is 9.84 Å². The third-order valence-electron chi connectivity index (χ3n) is 7.01. The summed E-state index contributed by atoms with van der Waals surface area (Å²) in [6.07, 6.45) is 0.918. The Bertz CT molecular complexity index is 1160. The fourth-order valence-corrected chi connectivity index (χ4v) is 4.95. The summed E-state index contributed by atoms with van der Waals surface area (Å²) in [4.78, 5) is 7.59. The van der Waals surface area contributed by atoms with Gasteiger partial charge in [0.05, 0.1) is 13.3 Å². The number of rotatable bonds is 8. The van der Waals surface area contributed by atoms with Crippen molar-refractivity contribution in [2.75, 3.05) is 46.1 Å². The summed E-state index contributed by atoms with van der Waals surface area (Å²) < 4.78 is 57.1. The first-order valence-corrected chi connectivity index (χ1v) is 12.7.